The predicted octanol–water partition coefficient (Wildman–Crippen LogP) is 3.56. The Morgan fingerprint density at radius 1 is 0.971 bits per heavy atom. The lowest BCUT2D eigenvalue weighted by Gasteiger charge is -2.23. The minimum atomic E-state index is -1.37. The molecule has 176 valence electrons. The Kier molecular flexibility index (Phi) is 6.04. The van der Waals surface area contributed by atoms with Gasteiger partial charge in [-0.05, 0) is 43.9 Å². The number of nitrogens with one attached hydrogen (secondary N) is 1. The molecular weight excluding hydrogens is 434 g/mol. The number of rotatable bonds is 6. The third-order valence-electron chi connectivity index (χ3n) is 6.27. The molecule has 1 N–H and O–H groups in total. The van der Waals surface area contributed by atoms with Crippen LogP contribution < -0.4 is 16.0 Å². The predicted molar refractivity (Wildman–Crippen MR) is 127 cm³/mol. The highest BCUT2D eigenvalue weighted by atomic mass is 16.4. The molecule has 4 rings (SSSR count). The normalized spacial score (nSPS) is 12.4. The molecule has 0 aliphatic heterocycles. The van der Waals surface area contributed by atoms with E-state index in [1.54, 1.807) is 20.8 Å². The molecule has 2 aromatic heterocycles. The fourth-order valence-corrected chi connectivity index (χ4v) is 4.42. The minimum absolute atomic E-state index is 0.186. The molecule has 0 saturated heterocycles. The van der Waals surface area contributed by atoms with Gasteiger partial charge in [0.1, 0.15) is 16.9 Å². The highest BCUT2D eigenvalue weighted by Crippen LogP contribution is 2.39. The van der Waals surface area contributed by atoms with E-state index in [1.807, 2.05) is 50.2 Å². The minimum Gasteiger partial charge on any atom is -0.548 e. The Balaban J connectivity index is 1.85. The van der Waals surface area contributed by atoms with Gasteiger partial charge in [-0.25, -0.2) is 4.79 Å². The van der Waals surface area contributed by atoms with Crippen LogP contribution in [0.15, 0.2) is 50.0 Å². The number of hydrogen-bond acceptors (Lipinski definition) is 6. The summed E-state index contributed by atoms with van der Waals surface area (Å²) < 4.78 is 11.7. The van der Waals surface area contributed by atoms with Crippen molar-refractivity contribution in [3.05, 3.63) is 69.3 Å². The van der Waals surface area contributed by atoms with Crippen LogP contribution in [-0.4, -0.2) is 17.9 Å². The molecule has 1 atom stereocenters. The molecule has 0 aliphatic carbocycles. The maximum Gasteiger partial charge on any atom is 0.340 e. The van der Waals surface area contributed by atoms with Gasteiger partial charge in [0.25, 0.3) is 0 Å². The van der Waals surface area contributed by atoms with Crippen molar-refractivity contribution >= 4 is 33.8 Å². The van der Waals surface area contributed by atoms with Gasteiger partial charge in [-0.2, -0.15) is 0 Å². The second kappa shape index (κ2) is 8.82. The molecule has 0 radical (unpaired) electrons. The van der Waals surface area contributed by atoms with Crippen LogP contribution in [0, 0.1) is 26.7 Å². The Morgan fingerprint density at radius 3 is 2.24 bits per heavy atom. The van der Waals surface area contributed by atoms with Gasteiger partial charge < -0.3 is 24.1 Å². The van der Waals surface area contributed by atoms with Crippen molar-refractivity contribution in [3.8, 4) is 11.1 Å². The van der Waals surface area contributed by atoms with Crippen LogP contribution in [0.2, 0.25) is 0 Å². The smallest absolute Gasteiger partial charge is 0.340 e. The number of aryl methyl sites for hydroxylation is 3. The molecule has 7 nitrogen and oxygen atoms in total. The molecule has 0 aliphatic rings. The molecule has 0 fully saturated rings. The zero-order valence-corrected chi connectivity index (χ0v) is 19.8. The van der Waals surface area contributed by atoms with Crippen molar-refractivity contribution in [1.29, 1.82) is 0 Å². The monoisotopic (exact) mass is 460 g/mol. The number of carboxylic acid groups (broad SMARTS) is 1. The summed E-state index contributed by atoms with van der Waals surface area (Å²) in [4.78, 5) is 36.8. The maximum atomic E-state index is 12.8. The highest BCUT2D eigenvalue weighted by Gasteiger charge is 2.23. The van der Waals surface area contributed by atoms with Crippen LogP contribution in [0.25, 0.3) is 33.1 Å². The lowest BCUT2D eigenvalue weighted by molar-refractivity contribution is -0.309. The number of furan rings is 1. The fourth-order valence-electron chi connectivity index (χ4n) is 4.42. The average molecular weight is 461 g/mol. The number of fused-ring (bicyclic) bond motifs is 2. The largest absolute Gasteiger partial charge is 0.548 e. The first-order valence-electron chi connectivity index (χ1n) is 11.1. The van der Waals surface area contributed by atoms with Gasteiger partial charge in [0, 0.05) is 21.9 Å². The number of hydrogen-bond donors (Lipinski definition) is 1. The van der Waals surface area contributed by atoms with Crippen molar-refractivity contribution < 1.29 is 23.5 Å². The van der Waals surface area contributed by atoms with E-state index >= 15 is 0 Å². The fraction of sp³-hybridized carbons (Fsp3) is 0.296. The van der Waals surface area contributed by atoms with E-state index in [1.165, 1.54) is 0 Å². The van der Waals surface area contributed by atoms with Crippen molar-refractivity contribution in [1.82, 2.24) is 5.32 Å². The van der Waals surface area contributed by atoms with E-state index in [2.05, 4.69) is 5.32 Å². The Bertz CT molecular complexity index is 1480. The summed E-state index contributed by atoms with van der Waals surface area (Å²) in [6.45, 7) is 8.84. The number of amides is 1. The number of carbonyl (C=O) groups excluding carboxylic acids is 2. The summed E-state index contributed by atoms with van der Waals surface area (Å²) in [7, 11) is 0. The van der Waals surface area contributed by atoms with E-state index < -0.39 is 23.5 Å². The van der Waals surface area contributed by atoms with Crippen LogP contribution in [0.5, 0.6) is 0 Å². The SMILES string of the molecule is Cc1oc2c(C)c3oc(=O)c(CC(=O)N[C@H](C(=O)[O-])C(C)C)c(C)c3cc2c1-c1ccccc1. The number of benzene rings is 2. The quantitative estimate of drug-likeness (QED) is 0.440. The van der Waals surface area contributed by atoms with Crippen LogP contribution in [0.4, 0.5) is 0 Å². The van der Waals surface area contributed by atoms with Gasteiger partial charge in [-0.3, -0.25) is 4.79 Å². The standard InChI is InChI=1S/C27H27NO6/c1-13(2)23(26(30)31)28-21(29)12-19-14(3)18-11-20-22(17-9-7-6-8-10-17)16(5)33-25(20)15(4)24(18)34-27(19)32/h6-11,13,23H,12H2,1-5H3,(H,28,29)(H,30,31)/p-1/t23-/m0/s1. The van der Waals surface area contributed by atoms with Crippen molar-refractivity contribution in [2.24, 2.45) is 5.92 Å². The zero-order valence-electron chi connectivity index (χ0n) is 19.8. The van der Waals surface area contributed by atoms with E-state index in [0.717, 1.165) is 22.3 Å². The zero-order chi connectivity index (χ0) is 24.7. The molecule has 4 aromatic rings. The number of carboxylic acids is 1. The van der Waals surface area contributed by atoms with Crippen molar-refractivity contribution in [2.75, 3.05) is 0 Å². The molecule has 0 bridgehead atoms. The third kappa shape index (κ3) is 3.98. The van der Waals surface area contributed by atoms with Gasteiger partial charge in [0.15, 0.2) is 0 Å². The van der Waals surface area contributed by atoms with Gasteiger partial charge in [0.05, 0.1) is 24.0 Å². The average Bonchev–Trinajstić information content (AvgIpc) is 3.12. The van der Waals surface area contributed by atoms with Crippen LogP contribution in [-0.2, 0) is 16.0 Å². The molecule has 0 saturated carbocycles. The lowest BCUT2D eigenvalue weighted by Crippen LogP contribution is -2.51. The van der Waals surface area contributed by atoms with Crippen LogP contribution in [0.1, 0.15) is 36.3 Å². The summed E-state index contributed by atoms with van der Waals surface area (Å²) in [5.41, 5.74) is 3.88. The number of carbonyl (C=O) groups is 2. The Hall–Kier alpha value is -3.87. The first-order chi connectivity index (χ1) is 16.1. The second-order valence-corrected chi connectivity index (χ2v) is 8.93. The Morgan fingerprint density at radius 2 is 1.62 bits per heavy atom. The van der Waals surface area contributed by atoms with Gasteiger partial charge in [-0.1, -0.05) is 44.2 Å². The van der Waals surface area contributed by atoms with E-state index in [9.17, 15) is 19.5 Å². The van der Waals surface area contributed by atoms with Crippen LogP contribution in [0.3, 0.4) is 0 Å². The Labute approximate surface area is 196 Å². The summed E-state index contributed by atoms with van der Waals surface area (Å²) in [6, 6.07) is 10.7. The van der Waals surface area contributed by atoms with E-state index in [-0.39, 0.29) is 17.9 Å². The van der Waals surface area contributed by atoms with Gasteiger partial charge >= 0.3 is 5.63 Å². The highest BCUT2D eigenvalue weighted by molar-refractivity contribution is 6.06. The second-order valence-electron chi connectivity index (χ2n) is 8.93. The molecule has 0 unspecified atom stereocenters. The summed E-state index contributed by atoms with van der Waals surface area (Å²) >= 11 is 0. The summed E-state index contributed by atoms with van der Waals surface area (Å²) in [6.07, 6.45) is -0.298. The summed E-state index contributed by atoms with van der Waals surface area (Å²) in [5, 5.41) is 15.4. The molecule has 7 heteroatoms. The van der Waals surface area contributed by atoms with Gasteiger partial charge in [-0.15, -0.1) is 0 Å². The first-order valence-corrected chi connectivity index (χ1v) is 11.1. The molecule has 1 amide bonds. The molecular formula is C27H26NO6-. The molecule has 2 heterocycles. The molecule has 34 heavy (non-hydrogen) atoms. The van der Waals surface area contributed by atoms with Gasteiger partial charge in [0.2, 0.25) is 5.91 Å². The molecule has 2 aromatic carbocycles. The lowest BCUT2D eigenvalue weighted by atomic mass is 9.96. The number of aliphatic carboxylic acids is 1. The first kappa shape index (κ1) is 23.3. The van der Waals surface area contributed by atoms with Crippen molar-refractivity contribution in [2.45, 2.75) is 47.1 Å². The van der Waals surface area contributed by atoms with E-state index in [0.29, 0.717) is 27.7 Å². The topological polar surface area (TPSA) is 113 Å². The van der Waals surface area contributed by atoms with Crippen LogP contribution >= 0.6 is 0 Å². The molecule has 0 spiro atoms. The summed E-state index contributed by atoms with van der Waals surface area (Å²) in [5.74, 6) is -1.56. The maximum absolute atomic E-state index is 12.8. The van der Waals surface area contributed by atoms with Crippen molar-refractivity contribution in [3.63, 3.8) is 0 Å². The van der Waals surface area contributed by atoms with E-state index in [4.69, 9.17) is 8.83 Å². The third-order valence-corrected chi connectivity index (χ3v) is 6.27.